The predicted octanol–water partition coefficient (Wildman–Crippen LogP) is 5.67. The van der Waals surface area contributed by atoms with Crippen LogP contribution in [0.15, 0.2) is 73.7 Å². The minimum atomic E-state index is -0.0313. The molecule has 1 amide bonds. The second-order valence-corrected chi connectivity index (χ2v) is 12.2. The molecule has 0 bridgehead atoms. The van der Waals surface area contributed by atoms with E-state index in [2.05, 4.69) is 36.8 Å². The molecule has 4 aromatic rings. The molecule has 188 valence electrons. The zero-order valence-electron chi connectivity index (χ0n) is 20.3. The zero-order chi connectivity index (χ0) is 25.7. The molecule has 0 aliphatic rings. The number of thiophene rings is 1. The molecule has 2 aromatic carbocycles. The fourth-order valence-corrected chi connectivity index (χ4v) is 5.71. The number of halogens is 2. The first kappa shape index (κ1) is 26.7. The highest BCUT2D eigenvalue weighted by atomic mass is 79.9. The van der Waals surface area contributed by atoms with Crippen LogP contribution in [-0.4, -0.2) is 59.0 Å². The maximum atomic E-state index is 13.4. The van der Waals surface area contributed by atoms with Crippen LogP contribution in [0.4, 0.5) is 0 Å². The summed E-state index contributed by atoms with van der Waals surface area (Å²) in [6.45, 7) is 2.45. The van der Waals surface area contributed by atoms with Crippen LogP contribution < -0.4 is 5.56 Å². The molecule has 0 atom stereocenters. The number of carbonyl (C=O) groups is 1. The summed E-state index contributed by atoms with van der Waals surface area (Å²) in [6.07, 6.45) is 1.30. The Hall–Kier alpha value is -2.33. The Morgan fingerprint density at radius 1 is 1.00 bits per heavy atom. The van der Waals surface area contributed by atoms with Gasteiger partial charge in [-0.3, -0.25) is 14.2 Å². The summed E-state index contributed by atoms with van der Waals surface area (Å²) in [5.74, 6) is 0.756. The van der Waals surface area contributed by atoms with Crippen molar-refractivity contribution in [2.75, 3.05) is 33.7 Å². The second-order valence-electron chi connectivity index (χ2n) is 8.88. The van der Waals surface area contributed by atoms with Gasteiger partial charge in [0.2, 0.25) is 0 Å². The lowest BCUT2D eigenvalue weighted by Gasteiger charge is -2.25. The number of benzene rings is 2. The highest BCUT2D eigenvalue weighted by Gasteiger charge is 2.18. The van der Waals surface area contributed by atoms with Crippen molar-refractivity contribution >= 4 is 59.3 Å². The van der Waals surface area contributed by atoms with Crippen LogP contribution in [0.5, 0.6) is 0 Å². The maximum absolute atomic E-state index is 13.4. The van der Waals surface area contributed by atoms with Crippen molar-refractivity contribution in [1.29, 1.82) is 0 Å². The topological polar surface area (TPSA) is 58.4 Å². The van der Waals surface area contributed by atoms with Crippen LogP contribution in [0.1, 0.15) is 28.2 Å². The van der Waals surface area contributed by atoms with E-state index in [-0.39, 0.29) is 11.5 Å². The van der Waals surface area contributed by atoms with Gasteiger partial charge in [-0.05, 0) is 72.3 Å². The maximum Gasteiger partial charge on any atom is 0.262 e. The van der Waals surface area contributed by atoms with Crippen molar-refractivity contribution in [2.24, 2.45) is 0 Å². The number of rotatable bonds is 10. The average Bonchev–Trinajstić information content (AvgIpc) is 3.24. The summed E-state index contributed by atoms with van der Waals surface area (Å²) in [5, 5.41) is 0.629. The van der Waals surface area contributed by atoms with Crippen molar-refractivity contribution in [3.05, 3.63) is 96.2 Å². The van der Waals surface area contributed by atoms with Gasteiger partial charge in [-0.1, -0.05) is 46.3 Å². The number of amides is 1. The number of aryl methyl sites for hydroxylation is 1. The molecule has 0 radical (unpaired) electrons. The van der Waals surface area contributed by atoms with Gasteiger partial charge >= 0.3 is 0 Å². The Labute approximate surface area is 231 Å². The van der Waals surface area contributed by atoms with E-state index < -0.39 is 0 Å². The largest absolute Gasteiger partial charge is 0.337 e. The first-order chi connectivity index (χ1) is 17.3. The number of likely N-dealkylation sites (N-methyl/N-ethyl adjacent to an activating group) is 1. The summed E-state index contributed by atoms with van der Waals surface area (Å²) in [4.78, 5) is 36.2. The van der Waals surface area contributed by atoms with Crippen LogP contribution in [0, 0.1) is 0 Å². The minimum absolute atomic E-state index is 0.0108. The molecular weight excluding hydrogens is 604 g/mol. The lowest BCUT2D eigenvalue weighted by molar-refractivity contribution is 0.0742. The van der Waals surface area contributed by atoms with E-state index in [1.807, 2.05) is 79.7 Å². The van der Waals surface area contributed by atoms with Crippen molar-refractivity contribution in [3.63, 3.8) is 0 Å². The quantitative estimate of drug-likeness (QED) is 0.226. The Morgan fingerprint density at radius 3 is 2.42 bits per heavy atom. The van der Waals surface area contributed by atoms with E-state index in [9.17, 15) is 9.59 Å². The monoisotopic (exact) mass is 630 g/mol. The van der Waals surface area contributed by atoms with Crippen molar-refractivity contribution in [3.8, 4) is 0 Å². The minimum Gasteiger partial charge on any atom is -0.337 e. The van der Waals surface area contributed by atoms with Gasteiger partial charge in [0.25, 0.3) is 11.5 Å². The number of nitrogens with zero attached hydrogens (tertiary/aromatic N) is 4. The molecule has 6 nitrogen and oxygen atoms in total. The first-order valence-corrected chi connectivity index (χ1v) is 14.1. The first-order valence-electron chi connectivity index (χ1n) is 11.7. The molecule has 0 unspecified atom stereocenters. The zero-order valence-corrected chi connectivity index (χ0v) is 24.3. The molecule has 4 rings (SSSR count). The lowest BCUT2D eigenvalue weighted by atomic mass is 10.1. The van der Waals surface area contributed by atoms with Gasteiger partial charge in [0.1, 0.15) is 10.7 Å². The smallest absolute Gasteiger partial charge is 0.262 e. The van der Waals surface area contributed by atoms with Crippen LogP contribution in [0.25, 0.3) is 10.2 Å². The van der Waals surface area contributed by atoms with Crippen LogP contribution in [0.3, 0.4) is 0 Å². The summed E-state index contributed by atoms with van der Waals surface area (Å²) in [5.41, 5.74) is 1.69. The number of aromatic nitrogens is 2. The van der Waals surface area contributed by atoms with Gasteiger partial charge in [-0.25, -0.2) is 4.98 Å². The molecule has 0 fully saturated rings. The van der Waals surface area contributed by atoms with E-state index >= 15 is 0 Å². The summed E-state index contributed by atoms with van der Waals surface area (Å²) in [7, 11) is 4.01. The standard InChI is InChI=1S/C27H28Br2N4O2S/c1-31(2)15-16-32(26(34)20-10-12-21(28)13-11-20)14-6-9-24-30-25-22(17-23(29)36-25)27(35)33(24)18-19-7-4-3-5-8-19/h3-5,7-8,10-13,17H,6,9,14-16,18H2,1-2H3. The number of fused-ring (bicyclic) bond motifs is 1. The molecule has 2 heterocycles. The third-order valence-electron chi connectivity index (χ3n) is 5.91. The molecule has 0 saturated heterocycles. The van der Waals surface area contributed by atoms with E-state index in [0.717, 1.165) is 31.0 Å². The Morgan fingerprint density at radius 2 is 1.72 bits per heavy atom. The molecule has 0 saturated carbocycles. The molecule has 0 aliphatic carbocycles. The molecule has 0 spiro atoms. The van der Waals surface area contributed by atoms with Gasteiger partial charge in [0, 0.05) is 36.1 Å². The Bertz CT molecular complexity index is 1380. The molecule has 0 aliphatic heterocycles. The van der Waals surface area contributed by atoms with E-state index in [1.54, 1.807) is 4.57 Å². The molecule has 9 heteroatoms. The normalized spacial score (nSPS) is 11.4. The third kappa shape index (κ3) is 6.70. The van der Waals surface area contributed by atoms with E-state index in [1.165, 1.54) is 11.3 Å². The van der Waals surface area contributed by atoms with Gasteiger partial charge in [0.15, 0.2) is 0 Å². The summed E-state index contributed by atoms with van der Waals surface area (Å²) >= 11 is 8.40. The Kier molecular flexibility index (Phi) is 9.11. The van der Waals surface area contributed by atoms with Crippen LogP contribution in [0.2, 0.25) is 0 Å². The van der Waals surface area contributed by atoms with Crippen molar-refractivity contribution in [1.82, 2.24) is 19.4 Å². The van der Waals surface area contributed by atoms with Gasteiger partial charge in [-0.2, -0.15) is 0 Å². The van der Waals surface area contributed by atoms with Crippen molar-refractivity contribution < 1.29 is 4.79 Å². The second kappa shape index (κ2) is 12.3. The van der Waals surface area contributed by atoms with Gasteiger partial charge in [0.05, 0.1) is 15.7 Å². The number of carbonyl (C=O) groups excluding carboxylic acids is 1. The number of hydrogen-bond acceptors (Lipinski definition) is 5. The van der Waals surface area contributed by atoms with Crippen LogP contribution >= 0.6 is 43.2 Å². The van der Waals surface area contributed by atoms with E-state index in [0.29, 0.717) is 43.4 Å². The molecular formula is C27H28Br2N4O2S. The number of hydrogen-bond donors (Lipinski definition) is 0. The van der Waals surface area contributed by atoms with E-state index in [4.69, 9.17) is 4.98 Å². The third-order valence-corrected chi connectivity index (χ3v) is 7.97. The Balaban J connectivity index is 1.56. The highest BCUT2D eigenvalue weighted by molar-refractivity contribution is 9.11. The lowest BCUT2D eigenvalue weighted by Crippen LogP contribution is -2.37. The highest BCUT2D eigenvalue weighted by Crippen LogP contribution is 2.26. The fraction of sp³-hybridized carbons (Fsp3) is 0.296. The molecule has 0 N–H and O–H groups in total. The van der Waals surface area contributed by atoms with Gasteiger partial charge < -0.3 is 9.80 Å². The van der Waals surface area contributed by atoms with Gasteiger partial charge in [-0.15, -0.1) is 11.3 Å². The summed E-state index contributed by atoms with van der Waals surface area (Å²) in [6, 6.07) is 19.3. The van der Waals surface area contributed by atoms with Crippen LogP contribution in [-0.2, 0) is 13.0 Å². The molecule has 36 heavy (non-hydrogen) atoms. The SMILES string of the molecule is CN(C)CCN(CCCc1nc2sc(Br)cc2c(=O)n1Cc1ccccc1)C(=O)c1ccc(Br)cc1. The summed E-state index contributed by atoms with van der Waals surface area (Å²) < 4.78 is 3.61. The predicted molar refractivity (Wildman–Crippen MR) is 154 cm³/mol. The fourth-order valence-electron chi connectivity index (χ4n) is 3.99. The molecule has 2 aromatic heterocycles. The average molecular weight is 632 g/mol. The van der Waals surface area contributed by atoms with Crippen molar-refractivity contribution in [2.45, 2.75) is 19.4 Å².